The number of hydrogen-bond acceptors (Lipinski definition) is 4. The Morgan fingerprint density at radius 1 is 1.09 bits per heavy atom. The first-order valence-electron chi connectivity index (χ1n) is 11.0. The highest BCUT2D eigenvalue weighted by Gasteiger charge is 2.37. The minimum Gasteiger partial charge on any atom is -0.379 e. The fourth-order valence-electron chi connectivity index (χ4n) is 4.09. The van der Waals surface area contributed by atoms with E-state index in [1.54, 1.807) is 0 Å². The van der Waals surface area contributed by atoms with Crippen molar-refractivity contribution in [3.05, 3.63) is 59.7 Å². The van der Waals surface area contributed by atoms with Gasteiger partial charge in [-0.2, -0.15) is 13.2 Å². The van der Waals surface area contributed by atoms with Gasteiger partial charge in [-0.25, -0.2) is 0 Å². The van der Waals surface area contributed by atoms with Crippen molar-refractivity contribution in [1.29, 1.82) is 0 Å². The summed E-state index contributed by atoms with van der Waals surface area (Å²) in [6.07, 6.45) is -3.64. The topological polar surface area (TPSA) is 61.9 Å². The summed E-state index contributed by atoms with van der Waals surface area (Å²) in [5.41, 5.74) is 1.11. The Morgan fingerprint density at radius 2 is 1.82 bits per heavy atom. The van der Waals surface area contributed by atoms with Crippen LogP contribution in [0.2, 0.25) is 0 Å². The lowest BCUT2D eigenvalue weighted by molar-refractivity contribution is -0.137. The van der Waals surface area contributed by atoms with Crippen LogP contribution in [0.1, 0.15) is 17.5 Å². The molecule has 0 saturated carbocycles. The van der Waals surface area contributed by atoms with E-state index in [2.05, 4.69) is 10.2 Å². The van der Waals surface area contributed by atoms with Crippen LogP contribution in [0, 0.1) is 5.92 Å². The second-order valence-corrected chi connectivity index (χ2v) is 8.34. The van der Waals surface area contributed by atoms with Crippen molar-refractivity contribution in [2.24, 2.45) is 5.92 Å². The zero-order valence-electron chi connectivity index (χ0n) is 18.1. The lowest BCUT2D eigenvalue weighted by Gasteiger charge is -2.26. The molecule has 2 aromatic rings. The zero-order chi connectivity index (χ0) is 23.4. The maximum Gasteiger partial charge on any atom is 0.416 e. The summed E-state index contributed by atoms with van der Waals surface area (Å²) < 4.78 is 44.3. The minimum absolute atomic E-state index is 0.0420. The van der Waals surface area contributed by atoms with Gasteiger partial charge in [0.1, 0.15) is 0 Å². The van der Waals surface area contributed by atoms with Crippen LogP contribution in [0.15, 0.2) is 48.5 Å². The molecular weight excluding hydrogens is 435 g/mol. The molecule has 2 aliphatic heterocycles. The number of anilines is 2. The smallest absolute Gasteiger partial charge is 0.379 e. The first-order chi connectivity index (χ1) is 15.8. The van der Waals surface area contributed by atoms with Crippen LogP contribution in [-0.4, -0.2) is 56.1 Å². The van der Waals surface area contributed by atoms with Crippen LogP contribution in [0.5, 0.6) is 0 Å². The molecule has 9 heteroatoms. The van der Waals surface area contributed by atoms with Crippen LogP contribution in [-0.2, 0) is 26.9 Å². The predicted octanol–water partition coefficient (Wildman–Crippen LogP) is 3.57. The molecule has 2 heterocycles. The highest BCUT2D eigenvalue weighted by atomic mass is 19.4. The predicted molar refractivity (Wildman–Crippen MR) is 118 cm³/mol. The Morgan fingerprint density at radius 3 is 2.52 bits per heavy atom. The number of hydrogen-bond donors (Lipinski definition) is 1. The van der Waals surface area contributed by atoms with Crippen molar-refractivity contribution in [2.75, 3.05) is 49.6 Å². The summed E-state index contributed by atoms with van der Waals surface area (Å²) in [6.45, 7) is 4.39. The highest BCUT2D eigenvalue weighted by molar-refractivity contribution is 6.03. The molecule has 0 bridgehead atoms. The molecule has 2 amide bonds. The highest BCUT2D eigenvalue weighted by Crippen LogP contribution is 2.33. The fraction of sp³-hybridized carbons (Fsp3) is 0.417. The number of alkyl halides is 3. The van der Waals surface area contributed by atoms with Gasteiger partial charge in [0.25, 0.3) is 0 Å². The second-order valence-electron chi connectivity index (χ2n) is 8.34. The van der Waals surface area contributed by atoms with E-state index in [1.165, 1.54) is 17.0 Å². The molecule has 2 saturated heterocycles. The summed E-state index contributed by atoms with van der Waals surface area (Å²) in [4.78, 5) is 28.7. The molecule has 2 fully saturated rings. The maximum absolute atomic E-state index is 13.0. The van der Waals surface area contributed by atoms with E-state index in [0.29, 0.717) is 5.69 Å². The van der Waals surface area contributed by atoms with Crippen LogP contribution in [0.4, 0.5) is 24.5 Å². The number of carbonyl (C=O) groups excluding carboxylic acids is 2. The third kappa shape index (κ3) is 5.91. The van der Waals surface area contributed by atoms with E-state index in [-0.39, 0.29) is 30.5 Å². The van der Waals surface area contributed by atoms with Gasteiger partial charge in [-0.05, 0) is 42.3 Å². The molecule has 4 rings (SSSR count). The molecule has 1 unspecified atom stereocenters. The maximum atomic E-state index is 13.0. The number of morpholine rings is 1. The lowest BCUT2D eigenvalue weighted by atomic mass is 10.1. The number of carbonyl (C=O) groups is 2. The van der Waals surface area contributed by atoms with Gasteiger partial charge in [-0.3, -0.25) is 14.5 Å². The fourth-order valence-corrected chi connectivity index (χ4v) is 4.09. The molecule has 1 atom stereocenters. The van der Waals surface area contributed by atoms with Gasteiger partial charge >= 0.3 is 6.18 Å². The van der Waals surface area contributed by atoms with Gasteiger partial charge in [-0.15, -0.1) is 0 Å². The number of rotatable bonds is 6. The molecule has 0 aromatic heterocycles. The summed E-state index contributed by atoms with van der Waals surface area (Å²) >= 11 is 0. The van der Waals surface area contributed by atoms with E-state index >= 15 is 0 Å². The number of nitrogens with one attached hydrogen (secondary N) is 1. The van der Waals surface area contributed by atoms with E-state index < -0.39 is 17.7 Å². The number of nitrogens with zero attached hydrogens (tertiary/aromatic N) is 2. The average molecular weight is 461 g/mol. The molecule has 2 aliphatic rings. The Hall–Kier alpha value is -2.91. The van der Waals surface area contributed by atoms with E-state index in [9.17, 15) is 22.8 Å². The number of amides is 2. The van der Waals surface area contributed by atoms with Gasteiger partial charge in [0, 0.05) is 44.0 Å². The van der Waals surface area contributed by atoms with Gasteiger partial charge in [-0.1, -0.05) is 18.2 Å². The van der Waals surface area contributed by atoms with Crippen LogP contribution < -0.4 is 10.2 Å². The molecule has 176 valence electrons. The number of halogens is 3. The third-order valence-electron chi connectivity index (χ3n) is 6.02. The van der Waals surface area contributed by atoms with Crippen molar-refractivity contribution in [1.82, 2.24) is 4.90 Å². The van der Waals surface area contributed by atoms with Gasteiger partial charge < -0.3 is 15.0 Å². The first kappa shape index (κ1) is 23.3. The molecule has 0 spiro atoms. The average Bonchev–Trinajstić information content (AvgIpc) is 3.21. The van der Waals surface area contributed by atoms with Gasteiger partial charge in [0.15, 0.2) is 0 Å². The standard InChI is InChI=1S/C24H26F3N3O3/c25-24(26,27)19-2-1-3-21(15-19)30-16-18(14-22(30)31)23(32)28-20-6-4-17(5-7-20)8-9-29-10-12-33-13-11-29/h1-7,15,18H,8-14,16H2,(H,28,32). The normalized spacial score (nSPS) is 19.7. The molecule has 1 N–H and O–H groups in total. The van der Waals surface area contributed by atoms with Crippen LogP contribution in [0.3, 0.4) is 0 Å². The number of benzene rings is 2. The summed E-state index contributed by atoms with van der Waals surface area (Å²) in [6, 6.07) is 12.2. The molecule has 0 radical (unpaired) electrons. The second kappa shape index (κ2) is 9.93. The molecular formula is C24H26F3N3O3. The Bertz CT molecular complexity index is 988. The van der Waals surface area contributed by atoms with Crippen molar-refractivity contribution >= 4 is 23.2 Å². The van der Waals surface area contributed by atoms with Crippen molar-refractivity contribution in [3.8, 4) is 0 Å². The third-order valence-corrected chi connectivity index (χ3v) is 6.02. The summed E-state index contributed by atoms with van der Waals surface area (Å²) in [5, 5.41) is 2.82. The SMILES string of the molecule is O=C(Nc1ccc(CCN2CCOCC2)cc1)C1CC(=O)N(c2cccc(C(F)(F)F)c2)C1. The first-order valence-corrected chi connectivity index (χ1v) is 11.0. The zero-order valence-corrected chi connectivity index (χ0v) is 18.1. The Kier molecular flexibility index (Phi) is 6.99. The van der Waals surface area contributed by atoms with E-state index in [0.717, 1.165) is 57.0 Å². The molecule has 2 aromatic carbocycles. The number of ether oxygens (including phenoxy) is 1. The molecule has 6 nitrogen and oxygen atoms in total. The van der Waals surface area contributed by atoms with Crippen molar-refractivity contribution in [3.63, 3.8) is 0 Å². The summed E-state index contributed by atoms with van der Waals surface area (Å²) in [7, 11) is 0. The molecule has 0 aliphatic carbocycles. The monoisotopic (exact) mass is 461 g/mol. The van der Waals surface area contributed by atoms with E-state index in [1.807, 2.05) is 24.3 Å². The largest absolute Gasteiger partial charge is 0.416 e. The van der Waals surface area contributed by atoms with Crippen LogP contribution in [0.25, 0.3) is 0 Å². The van der Waals surface area contributed by atoms with Crippen LogP contribution >= 0.6 is 0 Å². The molecule has 33 heavy (non-hydrogen) atoms. The quantitative estimate of drug-likeness (QED) is 0.715. The van der Waals surface area contributed by atoms with Crippen molar-refractivity contribution < 1.29 is 27.5 Å². The van der Waals surface area contributed by atoms with Crippen molar-refractivity contribution in [2.45, 2.75) is 19.0 Å². The lowest BCUT2D eigenvalue weighted by Crippen LogP contribution is -2.37. The Labute approximate surface area is 190 Å². The van der Waals surface area contributed by atoms with Gasteiger partial charge in [0.2, 0.25) is 11.8 Å². The summed E-state index contributed by atoms with van der Waals surface area (Å²) in [5.74, 6) is -1.32. The minimum atomic E-state index is -4.50. The Balaban J connectivity index is 1.32. The van der Waals surface area contributed by atoms with E-state index in [4.69, 9.17) is 4.74 Å². The van der Waals surface area contributed by atoms with Gasteiger partial charge in [0.05, 0.1) is 24.7 Å².